The summed E-state index contributed by atoms with van der Waals surface area (Å²) in [6.45, 7) is 6.19. The zero-order valence-corrected chi connectivity index (χ0v) is 17.0. The van der Waals surface area contributed by atoms with Crippen LogP contribution in [-0.4, -0.2) is 31.5 Å². The van der Waals surface area contributed by atoms with E-state index in [9.17, 15) is 9.59 Å². The lowest BCUT2D eigenvalue weighted by molar-refractivity contribution is -0.122. The van der Waals surface area contributed by atoms with Gasteiger partial charge in [0.2, 0.25) is 11.8 Å². The fourth-order valence-electron chi connectivity index (χ4n) is 2.86. The average Bonchev–Trinajstić information content (AvgIpc) is 2.68. The smallest absolute Gasteiger partial charge is 0.242 e. The van der Waals surface area contributed by atoms with E-state index < -0.39 is 0 Å². The topological polar surface area (TPSA) is 79.5 Å². The number of rotatable bonds is 9. The van der Waals surface area contributed by atoms with Crippen molar-refractivity contribution < 1.29 is 14.3 Å². The van der Waals surface area contributed by atoms with Crippen LogP contribution in [0.3, 0.4) is 0 Å². The number of nitrogens with one attached hydrogen (secondary N) is 3. The SMILES string of the molecule is CC[C@H](Nc1cccc(OC)c1)C(=O)NCCC(=O)Nc1ccc(C)cc1C. The largest absolute Gasteiger partial charge is 0.497 e. The normalized spacial score (nSPS) is 11.4. The monoisotopic (exact) mass is 383 g/mol. The van der Waals surface area contributed by atoms with Gasteiger partial charge in [-0.1, -0.05) is 30.7 Å². The van der Waals surface area contributed by atoms with Gasteiger partial charge in [-0.25, -0.2) is 0 Å². The maximum absolute atomic E-state index is 12.4. The number of benzene rings is 2. The van der Waals surface area contributed by atoms with Gasteiger partial charge in [0.05, 0.1) is 7.11 Å². The Morgan fingerprint density at radius 2 is 1.89 bits per heavy atom. The summed E-state index contributed by atoms with van der Waals surface area (Å²) in [6.07, 6.45) is 0.840. The van der Waals surface area contributed by atoms with Gasteiger partial charge in [0.25, 0.3) is 0 Å². The highest BCUT2D eigenvalue weighted by atomic mass is 16.5. The van der Waals surface area contributed by atoms with E-state index in [-0.39, 0.29) is 30.8 Å². The van der Waals surface area contributed by atoms with Crippen LogP contribution < -0.4 is 20.7 Å². The van der Waals surface area contributed by atoms with Crippen molar-refractivity contribution in [2.75, 3.05) is 24.3 Å². The van der Waals surface area contributed by atoms with E-state index >= 15 is 0 Å². The number of carbonyl (C=O) groups excluding carboxylic acids is 2. The zero-order chi connectivity index (χ0) is 20.5. The van der Waals surface area contributed by atoms with Crippen LogP contribution in [0.15, 0.2) is 42.5 Å². The highest BCUT2D eigenvalue weighted by Gasteiger charge is 2.16. The van der Waals surface area contributed by atoms with Crippen LogP contribution >= 0.6 is 0 Å². The molecule has 6 heteroatoms. The van der Waals surface area contributed by atoms with E-state index in [4.69, 9.17) is 4.74 Å². The number of aryl methyl sites for hydroxylation is 2. The molecular weight excluding hydrogens is 354 g/mol. The highest BCUT2D eigenvalue weighted by molar-refractivity contribution is 5.92. The van der Waals surface area contributed by atoms with Gasteiger partial charge in [0, 0.05) is 30.4 Å². The van der Waals surface area contributed by atoms with E-state index in [1.165, 1.54) is 0 Å². The molecule has 0 aromatic heterocycles. The summed E-state index contributed by atoms with van der Waals surface area (Å²) in [7, 11) is 1.60. The average molecular weight is 383 g/mol. The van der Waals surface area contributed by atoms with Crippen molar-refractivity contribution in [2.45, 2.75) is 39.7 Å². The molecule has 150 valence electrons. The van der Waals surface area contributed by atoms with E-state index in [1.54, 1.807) is 7.11 Å². The van der Waals surface area contributed by atoms with Crippen molar-refractivity contribution in [3.8, 4) is 5.75 Å². The van der Waals surface area contributed by atoms with Crippen LogP contribution in [0.5, 0.6) is 5.75 Å². The minimum atomic E-state index is -0.380. The predicted octanol–water partition coefficient (Wildman–Crippen LogP) is 3.65. The van der Waals surface area contributed by atoms with E-state index in [2.05, 4.69) is 16.0 Å². The maximum atomic E-state index is 12.4. The molecule has 6 nitrogen and oxygen atoms in total. The third kappa shape index (κ3) is 6.30. The van der Waals surface area contributed by atoms with Gasteiger partial charge in [-0.05, 0) is 44.0 Å². The Labute approximate surface area is 166 Å². The molecule has 0 saturated heterocycles. The molecule has 0 aliphatic rings. The molecule has 0 aliphatic heterocycles. The summed E-state index contributed by atoms with van der Waals surface area (Å²) in [5, 5.41) is 8.92. The molecule has 0 fully saturated rings. The molecule has 0 radical (unpaired) electrons. The Balaban J connectivity index is 1.81. The van der Waals surface area contributed by atoms with Crippen molar-refractivity contribution >= 4 is 23.2 Å². The molecule has 0 heterocycles. The van der Waals surface area contributed by atoms with Crippen molar-refractivity contribution in [3.63, 3.8) is 0 Å². The molecule has 0 spiro atoms. The van der Waals surface area contributed by atoms with Gasteiger partial charge in [0.15, 0.2) is 0 Å². The Hall–Kier alpha value is -3.02. The third-order valence-electron chi connectivity index (χ3n) is 4.44. The second-order valence-electron chi connectivity index (χ2n) is 6.74. The molecule has 28 heavy (non-hydrogen) atoms. The molecule has 0 unspecified atom stereocenters. The van der Waals surface area contributed by atoms with Gasteiger partial charge in [0.1, 0.15) is 11.8 Å². The number of carbonyl (C=O) groups is 2. The number of methoxy groups -OCH3 is 1. The van der Waals surface area contributed by atoms with Crippen LogP contribution in [0.1, 0.15) is 30.9 Å². The number of amides is 2. The number of hydrogen-bond donors (Lipinski definition) is 3. The molecule has 2 amide bonds. The van der Waals surface area contributed by atoms with E-state index in [1.807, 2.05) is 63.2 Å². The predicted molar refractivity (Wildman–Crippen MR) is 113 cm³/mol. The number of ether oxygens (including phenoxy) is 1. The Morgan fingerprint density at radius 1 is 1.11 bits per heavy atom. The summed E-state index contributed by atoms with van der Waals surface area (Å²) >= 11 is 0. The number of hydrogen-bond acceptors (Lipinski definition) is 4. The maximum Gasteiger partial charge on any atom is 0.242 e. The van der Waals surface area contributed by atoms with Gasteiger partial charge in [-0.2, -0.15) is 0 Å². The van der Waals surface area contributed by atoms with Gasteiger partial charge < -0.3 is 20.7 Å². The fraction of sp³-hybridized carbons (Fsp3) is 0.364. The van der Waals surface area contributed by atoms with Crippen LogP contribution in [0.25, 0.3) is 0 Å². The molecule has 2 aromatic rings. The first-order valence-electron chi connectivity index (χ1n) is 9.48. The Bertz CT molecular complexity index is 820. The van der Waals surface area contributed by atoms with Gasteiger partial charge in [-0.15, -0.1) is 0 Å². The summed E-state index contributed by atoms with van der Waals surface area (Å²) in [4.78, 5) is 24.6. The summed E-state index contributed by atoms with van der Waals surface area (Å²) in [5.41, 5.74) is 3.78. The summed E-state index contributed by atoms with van der Waals surface area (Å²) in [6, 6.07) is 12.9. The molecule has 2 aromatic carbocycles. The first-order chi connectivity index (χ1) is 13.4. The molecule has 0 aliphatic carbocycles. The molecular formula is C22H29N3O3. The lowest BCUT2D eigenvalue weighted by Gasteiger charge is -2.18. The highest BCUT2D eigenvalue weighted by Crippen LogP contribution is 2.18. The lowest BCUT2D eigenvalue weighted by Crippen LogP contribution is -2.40. The first kappa shape index (κ1) is 21.3. The van der Waals surface area contributed by atoms with Crippen molar-refractivity contribution in [3.05, 3.63) is 53.6 Å². The molecule has 1 atom stereocenters. The molecule has 0 bridgehead atoms. The van der Waals surface area contributed by atoms with Crippen LogP contribution in [0, 0.1) is 13.8 Å². The summed E-state index contributed by atoms with van der Waals surface area (Å²) in [5.74, 6) is 0.467. The van der Waals surface area contributed by atoms with E-state index in [0.29, 0.717) is 6.42 Å². The molecule has 2 rings (SSSR count). The number of anilines is 2. The second-order valence-corrected chi connectivity index (χ2v) is 6.74. The van der Waals surface area contributed by atoms with Crippen LogP contribution in [-0.2, 0) is 9.59 Å². The van der Waals surface area contributed by atoms with Gasteiger partial charge in [-0.3, -0.25) is 9.59 Å². The Morgan fingerprint density at radius 3 is 2.57 bits per heavy atom. The molecule has 0 saturated carbocycles. The quantitative estimate of drug-likeness (QED) is 0.618. The Kier molecular flexibility index (Phi) is 7.87. The second kappa shape index (κ2) is 10.3. The lowest BCUT2D eigenvalue weighted by atomic mass is 10.1. The first-order valence-corrected chi connectivity index (χ1v) is 9.48. The van der Waals surface area contributed by atoms with Crippen molar-refractivity contribution in [1.82, 2.24) is 5.32 Å². The zero-order valence-electron chi connectivity index (χ0n) is 17.0. The van der Waals surface area contributed by atoms with E-state index in [0.717, 1.165) is 28.3 Å². The summed E-state index contributed by atoms with van der Waals surface area (Å²) < 4.78 is 5.20. The minimum Gasteiger partial charge on any atom is -0.497 e. The van der Waals surface area contributed by atoms with Crippen LogP contribution in [0.2, 0.25) is 0 Å². The minimum absolute atomic E-state index is 0.124. The van der Waals surface area contributed by atoms with Crippen molar-refractivity contribution in [2.24, 2.45) is 0 Å². The van der Waals surface area contributed by atoms with Gasteiger partial charge >= 0.3 is 0 Å². The fourth-order valence-corrected chi connectivity index (χ4v) is 2.86. The van der Waals surface area contributed by atoms with Crippen molar-refractivity contribution in [1.29, 1.82) is 0 Å². The third-order valence-corrected chi connectivity index (χ3v) is 4.44. The van der Waals surface area contributed by atoms with Crippen LogP contribution in [0.4, 0.5) is 11.4 Å². The standard InChI is InChI=1S/C22H29N3O3/c1-5-19(24-17-7-6-8-18(14-17)28-4)22(27)23-12-11-21(26)25-20-10-9-15(2)13-16(20)3/h6-10,13-14,19,24H,5,11-12H2,1-4H3,(H,23,27)(H,25,26)/t19-/m0/s1. The molecule has 3 N–H and O–H groups in total.